The number of anilines is 1. The average Bonchev–Trinajstić information content (AvgIpc) is 3.18. The van der Waals surface area contributed by atoms with Crippen LogP contribution in [0.25, 0.3) is 0 Å². The predicted octanol–water partition coefficient (Wildman–Crippen LogP) is 0.302. The van der Waals surface area contributed by atoms with E-state index >= 15 is 0 Å². The van der Waals surface area contributed by atoms with Crippen molar-refractivity contribution in [3.8, 4) is 5.75 Å². The van der Waals surface area contributed by atoms with E-state index < -0.39 is 21.7 Å². The van der Waals surface area contributed by atoms with Crippen LogP contribution in [0, 0.1) is 11.7 Å². The van der Waals surface area contributed by atoms with E-state index in [-0.39, 0.29) is 39.0 Å². The number of benzene rings is 1. The summed E-state index contributed by atoms with van der Waals surface area (Å²) in [5.74, 6) is -1.18. The lowest BCUT2D eigenvalue weighted by atomic mass is 10.1. The van der Waals surface area contributed by atoms with Gasteiger partial charge < -0.3 is 19.9 Å². The molecule has 2 aliphatic rings. The Morgan fingerprint density at radius 3 is 2.96 bits per heavy atom. The Labute approximate surface area is 166 Å². The van der Waals surface area contributed by atoms with Gasteiger partial charge in [-0.1, -0.05) is 11.6 Å². The summed E-state index contributed by atoms with van der Waals surface area (Å²) >= 11 is 5.75. The number of nitrogens with zero attached hydrogens (tertiary/aromatic N) is 1. The first-order valence-corrected chi connectivity index (χ1v) is 10.5. The summed E-state index contributed by atoms with van der Waals surface area (Å²) in [5, 5.41) is 4.50. The highest BCUT2D eigenvalue weighted by molar-refractivity contribution is 7.89. The van der Waals surface area contributed by atoms with Crippen LogP contribution in [0.2, 0.25) is 5.02 Å². The summed E-state index contributed by atoms with van der Waals surface area (Å²) in [4.78, 5) is 12.8. The van der Waals surface area contributed by atoms with E-state index in [1.54, 1.807) is 7.05 Å². The van der Waals surface area contributed by atoms with Crippen LogP contribution in [-0.2, 0) is 17.1 Å². The Morgan fingerprint density at radius 2 is 2.21 bits per heavy atom. The van der Waals surface area contributed by atoms with Crippen molar-refractivity contribution < 1.29 is 27.7 Å². The molecule has 0 unspecified atom stereocenters. The van der Waals surface area contributed by atoms with Crippen molar-refractivity contribution >= 4 is 33.2 Å². The quantitative estimate of drug-likeness (QED) is 0.638. The number of carbonyl (C=O) groups excluding carboxylic acids is 1. The minimum atomic E-state index is -3.84. The minimum Gasteiger partial charge on any atom is -0.489 e. The molecule has 8 nitrogen and oxygen atoms in total. The van der Waals surface area contributed by atoms with Crippen LogP contribution in [0.3, 0.4) is 0 Å². The molecule has 0 bridgehead atoms. The third-order valence-corrected chi connectivity index (χ3v) is 6.76. The third-order valence-electron chi connectivity index (χ3n) is 4.99. The molecule has 2 aromatic rings. The van der Waals surface area contributed by atoms with E-state index in [2.05, 4.69) is 10.0 Å². The number of ether oxygens (including phenoxy) is 1. The molecule has 150 valence electrons. The summed E-state index contributed by atoms with van der Waals surface area (Å²) in [6.45, 7) is 1.68. The van der Waals surface area contributed by atoms with Gasteiger partial charge in [-0.15, -0.1) is 0 Å². The summed E-state index contributed by atoms with van der Waals surface area (Å²) < 4.78 is 48.9. The number of rotatable bonds is 2. The van der Waals surface area contributed by atoms with Crippen molar-refractivity contribution in [3.63, 3.8) is 0 Å². The molecule has 0 spiro atoms. The van der Waals surface area contributed by atoms with Gasteiger partial charge in [-0.05, 0) is 18.2 Å². The Kier molecular flexibility index (Phi) is 4.82. The molecule has 1 aromatic heterocycles. The van der Waals surface area contributed by atoms with Crippen molar-refractivity contribution in [1.29, 1.82) is 0 Å². The molecule has 0 aliphatic carbocycles. The Hall–Kier alpha value is -2.14. The van der Waals surface area contributed by atoms with Gasteiger partial charge in [0.05, 0.1) is 36.7 Å². The lowest BCUT2D eigenvalue weighted by Crippen LogP contribution is -2.82. The van der Waals surface area contributed by atoms with E-state index in [0.29, 0.717) is 13.2 Å². The normalized spacial score (nSPS) is 23.1. The number of nitrogens with one attached hydrogen (secondary N) is 2. The van der Waals surface area contributed by atoms with Gasteiger partial charge in [-0.2, -0.15) is 0 Å². The van der Waals surface area contributed by atoms with Gasteiger partial charge in [0.25, 0.3) is 5.91 Å². The first-order chi connectivity index (χ1) is 13.3. The van der Waals surface area contributed by atoms with Crippen molar-refractivity contribution in [2.45, 2.75) is 10.9 Å². The SMILES string of the molecule is Cn1cc2c(c1C(=O)Nc1ccc(F)c(Cl)c1)OC[C@@H]1C[NH2+]C[C@@H]1NS2(=O)=O. The number of hydrogen-bond acceptors (Lipinski definition) is 4. The van der Waals surface area contributed by atoms with Crippen molar-refractivity contribution in [2.24, 2.45) is 13.0 Å². The van der Waals surface area contributed by atoms with E-state index in [9.17, 15) is 17.6 Å². The maximum absolute atomic E-state index is 13.3. The largest absolute Gasteiger partial charge is 0.489 e. The molecule has 0 radical (unpaired) electrons. The summed E-state index contributed by atoms with van der Waals surface area (Å²) in [6, 6.07) is 3.57. The van der Waals surface area contributed by atoms with Gasteiger partial charge >= 0.3 is 0 Å². The molecule has 4 N–H and O–H groups in total. The van der Waals surface area contributed by atoms with Gasteiger partial charge in [0, 0.05) is 18.9 Å². The molecule has 1 fully saturated rings. The zero-order valence-electron chi connectivity index (χ0n) is 14.9. The highest BCUT2D eigenvalue weighted by Gasteiger charge is 2.40. The van der Waals surface area contributed by atoms with Crippen LogP contribution in [0.1, 0.15) is 10.5 Å². The van der Waals surface area contributed by atoms with Gasteiger partial charge in [0.1, 0.15) is 10.7 Å². The molecule has 2 atom stereocenters. The number of carbonyl (C=O) groups is 1. The van der Waals surface area contributed by atoms with Gasteiger partial charge in [0.15, 0.2) is 11.4 Å². The second-order valence-electron chi connectivity index (χ2n) is 6.92. The van der Waals surface area contributed by atoms with Crippen LogP contribution in [0.4, 0.5) is 10.1 Å². The molecule has 11 heteroatoms. The Morgan fingerprint density at radius 1 is 1.43 bits per heavy atom. The fourth-order valence-electron chi connectivity index (χ4n) is 3.56. The average molecular weight is 430 g/mol. The molecule has 0 saturated carbocycles. The molecule has 2 aliphatic heterocycles. The smallest absolute Gasteiger partial charge is 0.276 e. The molecule has 1 aromatic carbocycles. The van der Waals surface area contributed by atoms with Gasteiger partial charge in [-0.25, -0.2) is 17.5 Å². The first kappa shape index (κ1) is 19.2. The highest BCUT2D eigenvalue weighted by atomic mass is 35.5. The van der Waals surface area contributed by atoms with Crippen LogP contribution in [0.5, 0.6) is 5.75 Å². The number of aromatic nitrogens is 1. The summed E-state index contributed by atoms with van der Waals surface area (Å²) in [6.07, 6.45) is 1.35. The van der Waals surface area contributed by atoms with Crippen LogP contribution < -0.4 is 20.1 Å². The van der Waals surface area contributed by atoms with Crippen LogP contribution in [0.15, 0.2) is 29.3 Å². The number of amides is 1. The van der Waals surface area contributed by atoms with Gasteiger partial charge in [0.2, 0.25) is 10.0 Å². The molecule has 1 amide bonds. The third kappa shape index (κ3) is 3.37. The van der Waals surface area contributed by atoms with Crippen LogP contribution >= 0.6 is 11.6 Å². The second-order valence-corrected chi connectivity index (χ2v) is 9.01. The first-order valence-electron chi connectivity index (χ1n) is 8.69. The maximum atomic E-state index is 13.3. The summed E-state index contributed by atoms with van der Waals surface area (Å²) in [5.41, 5.74) is 0.338. The monoisotopic (exact) mass is 429 g/mol. The highest BCUT2D eigenvalue weighted by Crippen LogP contribution is 2.33. The number of sulfonamides is 1. The van der Waals surface area contributed by atoms with Crippen molar-refractivity contribution in [2.75, 3.05) is 25.0 Å². The number of hydrogen-bond donors (Lipinski definition) is 3. The zero-order chi connectivity index (χ0) is 20.1. The van der Waals surface area contributed by atoms with E-state index in [1.165, 1.54) is 22.9 Å². The van der Waals surface area contributed by atoms with Crippen molar-refractivity contribution in [1.82, 2.24) is 9.29 Å². The molecule has 1 saturated heterocycles. The topological polar surface area (TPSA) is 106 Å². The minimum absolute atomic E-state index is 0.00561. The molecular formula is C17H19ClFN4O4S+. The Bertz CT molecular complexity index is 1060. The van der Waals surface area contributed by atoms with Crippen LogP contribution in [-0.4, -0.2) is 44.6 Å². The lowest BCUT2D eigenvalue weighted by molar-refractivity contribution is -0.638. The summed E-state index contributed by atoms with van der Waals surface area (Å²) in [7, 11) is -2.28. The predicted molar refractivity (Wildman–Crippen MR) is 99.5 cm³/mol. The maximum Gasteiger partial charge on any atom is 0.276 e. The molecule has 28 heavy (non-hydrogen) atoms. The van der Waals surface area contributed by atoms with E-state index in [4.69, 9.17) is 16.3 Å². The number of fused-ring (bicyclic) bond motifs is 2. The number of halogens is 2. The van der Waals surface area contributed by atoms with E-state index in [0.717, 1.165) is 12.6 Å². The molecule has 4 rings (SSSR count). The van der Waals surface area contributed by atoms with E-state index in [1.807, 2.05) is 5.32 Å². The van der Waals surface area contributed by atoms with Gasteiger partial charge in [-0.3, -0.25) is 4.79 Å². The standard InChI is InChI=1S/C17H18ClFN4O4S/c1-23-7-14-16(27-8-9-5-20-6-13(9)22-28(14,25)26)15(23)17(24)21-10-2-3-12(19)11(18)4-10/h2-4,7,9,13,20,22H,5-6,8H2,1H3,(H,21,24)/p+1/t9-,13-/m0/s1. The Balaban J connectivity index is 1.70. The molecule has 3 heterocycles. The number of aryl methyl sites for hydroxylation is 1. The number of nitrogens with two attached hydrogens (primary N) is 1. The fourth-order valence-corrected chi connectivity index (χ4v) is 5.25. The lowest BCUT2D eigenvalue weighted by Gasteiger charge is -2.22. The van der Waals surface area contributed by atoms with Crippen molar-refractivity contribution in [3.05, 3.63) is 40.9 Å². The zero-order valence-corrected chi connectivity index (χ0v) is 16.5. The second kappa shape index (κ2) is 7.03. The fraction of sp³-hybridized carbons (Fsp3) is 0.353. The number of quaternary nitrogens is 1. The molecular weight excluding hydrogens is 411 g/mol.